The Bertz CT molecular complexity index is 802. The Hall–Kier alpha value is -2.36. The summed E-state index contributed by atoms with van der Waals surface area (Å²) in [6, 6.07) is 6.89. The number of carbonyl (C=O) groups is 2. The Balaban J connectivity index is 1.40. The van der Waals surface area contributed by atoms with Crippen LogP contribution in [-0.4, -0.2) is 79.2 Å². The van der Waals surface area contributed by atoms with Crippen LogP contribution in [0.15, 0.2) is 24.3 Å². The number of hydrogen-bond donors (Lipinski definition) is 3. The molecule has 0 aromatic heterocycles. The van der Waals surface area contributed by atoms with Gasteiger partial charge in [0.25, 0.3) is 0 Å². The van der Waals surface area contributed by atoms with Gasteiger partial charge in [0, 0.05) is 17.8 Å². The van der Waals surface area contributed by atoms with E-state index in [1.807, 2.05) is 0 Å². The molecule has 1 aliphatic carbocycles. The third-order valence-corrected chi connectivity index (χ3v) is 6.45. The molecule has 1 saturated carbocycles. The summed E-state index contributed by atoms with van der Waals surface area (Å²) in [5.74, 6) is 0.666. The number of nitrogens with one attached hydrogen (secondary N) is 2. The number of carbonyl (C=O) groups excluding carboxylic acids is 2. The van der Waals surface area contributed by atoms with Crippen molar-refractivity contribution in [3.05, 3.63) is 24.3 Å². The summed E-state index contributed by atoms with van der Waals surface area (Å²) >= 11 is 0. The average Bonchev–Trinajstić information content (AvgIpc) is 2.74. The van der Waals surface area contributed by atoms with Gasteiger partial charge in [0.05, 0.1) is 51.5 Å². The highest BCUT2D eigenvalue weighted by atomic mass is 16.5. The first-order valence-electron chi connectivity index (χ1n) is 11.4. The zero-order valence-electron chi connectivity index (χ0n) is 18.5. The number of benzene rings is 1. The number of aliphatic hydroxyl groups is 1. The number of ether oxygens (including phenoxy) is 3. The fourth-order valence-corrected chi connectivity index (χ4v) is 4.52. The van der Waals surface area contributed by atoms with Crippen LogP contribution in [-0.2, 0) is 14.3 Å². The van der Waals surface area contributed by atoms with E-state index in [9.17, 15) is 14.7 Å². The highest BCUT2D eigenvalue weighted by molar-refractivity contribution is 5.89. The van der Waals surface area contributed by atoms with Gasteiger partial charge in [0.2, 0.25) is 5.91 Å². The van der Waals surface area contributed by atoms with Crippen molar-refractivity contribution in [3.63, 3.8) is 0 Å². The highest BCUT2D eigenvalue weighted by Crippen LogP contribution is 2.29. The van der Waals surface area contributed by atoms with E-state index in [0.29, 0.717) is 36.7 Å². The molecule has 9 nitrogen and oxygen atoms in total. The van der Waals surface area contributed by atoms with Crippen LogP contribution in [0.25, 0.3) is 0 Å². The minimum atomic E-state index is -0.780. The van der Waals surface area contributed by atoms with Crippen molar-refractivity contribution in [2.75, 3.05) is 32.2 Å². The highest BCUT2D eigenvalue weighted by Gasteiger charge is 2.40. The Morgan fingerprint density at radius 2 is 2.06 bits per heavy atom. The van der Waals surface area contributed by atoms with Crippen LogP contribution >= 0.6 is 0 Å². The predicted molar refractivity (Wildman–Crippen MR) is 118 cm³/mol. The maximum absolute atomic E-state index is 13.2. The number of fused-ring (bicyclic) bond motifs is 1. The molecule has 176 valence electrons. The van der Waals surface area contributed by atoms with Crippen LogP contribution in [0, 0.1) is 0 Å². The molecule has 0 bridgehead atoms. The molecular weight excluding hydrogens is 414 g/mol. The molecule has 1 aromatic rings. The molecule has 3 N–H and O–H groups in total. The average molecular weight is 448 g/mol. The van der Waals surface area contributed by atoms with Gasteiger partial charge in [-0.15, -0.1) is 0 Å². The van der Waals surface area contributed by atoms with E-state index in [-0.39, 0.29) is 49.9 Å². The zero-order chi connectivity index (χ0) is 22.5. The fourth-order valence-electron chi connectivity index (χ4n) is 4.52. The SMILES string of the molecule is COc1cccc(NC(=O)N2C[C@@H](O)COC[C@@H]3O[C@@H](CC(=O)NC4CCC4)CC[C@H]32)c1. The normalized spacial score (nSPS) is 28.5. The summed E-state index contributed by atoms with van der Waals surface area (Å²) in [4.78, 5) is 27.1. The number of hydrogen-bond acceptors (Lipinski definition) is 6. The number of urea groups is 1. The van der Waals surface area contributed by atoms with Crippen molar-refractivity contribution in [3.8, 4) is 5.75 Å². The zero-order valence-corrected chi connectivity index (χ0v) is 18.5. The molecule has 0 spiro atoms. The number of nitrogens with zero attached hydrogens (tertiary/aromatic N) is 1. The standard InChI is InChI=1S/C23H33N3O6/c1-30-18-7-3-6-16(10-18)25-23(29)26-12-17(27)13-31-14-21-20(26)9-8-19(32-21)11-22(28)24-15-4-2-5-15/h3,6-7,10,15,17,19-21,27H,2,4-5,8-9,11-14H2,1H3,(H,24,28)(H,25,29)/t17-,19-,20-,21+/m1/s1. The van der Waals surface area contributed by atoms with E-state index in [0.717, 1.165) is 12.8 Å². The molecule has 4 rings (SSSR count). The van der Waals surface area contributed by atoms with Gasteiger partial charge in [-0.05, 0) is 44.2 Å². The summed E-state index contributed by atoms with van der Waals surface area (Å²) in [6.45, 7) is 0.543. The molecule has 1 aromatic carbocycles. The lowest BCUT2D eigenvalue weighted by Gasteiger charge is -2.44. The molecule has 2 saturated heterocycles. The van der Waals surface area contributed by atoms with Crippen molar-refractivity contribution >= 4 is 17.6 Å². The molecular formula is C23H33N3O6. The van der Waals surface area contributed by atoms with E-state index < -0.39 is 6.10 Å². The lowest BCUT2D eigenvalue weighted by molar-refractivity contribution is -0.150. The molecule has 0 unspecified atom stereocenters. The third kappa shape index (κ3) is 5.70. The molecule has 3 fully saturated rings. The van der Waals surface area contributed by atoms with Gasteiger partial charge in [-0.3, -0.25) is 4.79 Å². The van der Waals surface area contributed by atoms with Gasteiger partial charge in [0.1, 0.15) is 11.9 Å². The second kappa shape index (κ2) is 10.5. The van der Waals surface area contributed by atoms with Crippen molar-refractivity contribution < 1.29 is 28.9 Å². The number of rotatable bonds is 5. The van der Waals surface area contributed by atoms with E-state index in [2.05, 4.69) is 10.6 Å². The van der Waals surface area contributed by atoms with Crippen molar-refractivity contribution in [1.29, 1.82) is 0 Å². The topological polar surface area (TPSA) is 109 Å². The smallest absolute Gasteiger partial charge is 0.322 e. The van der Waals surface area contributed by atoms with E-state index in [4.69, 9.17) is 14.2 Å². The number of β-amino-alcohol motifs (C(OH)–C–C–N with tert-alkyl or cyclic N) is 1. The molecule has 9 heteroatoms. The lowest BCUT2D eigenvalue weighted by atomic mass is 9.92. The lowest BCUT2D eigenvalue weighted by Crippen LogP contribution is -2.58. The van der Waals surface area contributed by atoms with Crippen molar-refractivity contribution in [2.45, 2.75) is 68.9 Å². The summed E-state index contributed by atoms with van der Waals surface area (Å²) in [5.41, 5.74) is 0.612. The summed E-state index contributed by atoms with van der Waals surface area (Å²) < 4.78 is 17.1. The van der Waals surface area contributed by atoms with Gasteiger partial charge in [-0.25, -0.2) is 4.79 Å². The largest absolute Gasteiger partial charge is 0.497 e. The molecule has 3 amide bonds. The van der Waals surface area contributed by atoms with Gasteiger partial charge in [-0.1, -0.05) is 6.07 Å². The van der Waals surface area contributed by atoms with Crippen LogP contribution < -0.4 is 15.4 Å². The monoisotopic (exact) mass is 447 g/mol. The number of methoxy groups -OCH3 is 1. The minimum Gasteiger partial charge on any atom is -0.497 e. The summed E-state index contributed by atoms with van der Waals surface area (Å²) in [5, 5.41) is 16.3. The molecule has 3 aliphatic rings. The Morgan fingerprint density at radius 3 is 2.81 bits per heavy atom. The second-order valence-electron chi connectivity index (χ2n) is 8.85. The second-order valence-corrected chi connectivity index (χ2v) is 8.85. The molecule has 32 heavy (non-hydrogen) atoms. The fraction of sp³-hybridized carbons (Fsp3) is 0.652. The Morgan fingerprint density at radius 1 is 1.22 bits per heavy atom. The minimum absolute atomic E-state index is 0.0213. The van der Waals surface area contributed by atoms with E-state index in [1.165, 1.54) is 6.42 Å². The molecule has 2 aliphatic heterocycles. The van der Waals surface area contributed by atoms with Crippen LogP contribution in [0.2, 0.25) is 0 Å². The number of amides is 3. The summed E-state index contributed by atoms with van der Waals surface area (Å²) in [7, 11) is 1.57. The molecule has 2 heterocycles. The maximum atomic E-state index is 13.2. The van der Waals surface area contributed by atoms with Gasteiger partial charge in [-0.2, -0.15) is 0 Å². The van der Waals surface area contributed by atoms with Gasteiger partial charge >= 0.3 is 6.03 Å². The molecule has 0 radical (unpaired) electrons. The quantitative estimate of drug-likeness (QED) is 0.636. The first kappa shape index (κ1) is 22.8. The molecule has 4 atom stereocenters. The predicted octanol–water partition coefficient (Wildman–Crippen LogP) is 1.90. The van der Waals surface area contributed by atoms with Gasteiger partial charge in [0.15, 0.2) is 0 Å². The van der Waals surface area contributed by atoms with Crippen molar-refractivity contribution in [1.82, 2.24) is 10.2 Å². The Kier molecular flexibility index (Phi) is 7.49. The van der Waals surface area contributed by atoms with Crippen LogP contribution in [0.3, 0.4) is 0 Å². The summed E-state index contributed by atoms with van der Waals surface area (Å²) in [6.07, 6.45) is 3.60. The number of aliphatic hydroxyl groups excluding tert-OH is 1. The van der Waals surface area contributed by atoms with Crippen molar-refractivity contribution in [2.24, 2.45) is 0 Å². The van der Waals surface area contributed by atoms with Crippen LogP contribution in [0.1, 0.15) is 38.5 Å². The number of anilines is 1. The van der Waals surface area contributed by atoms with Crippen LogP contribution in [0.5, 0.6) is 5.75 Å². The van der Waals surface area contributed by atoms with E-state index >= 15 is 0 Å². The third-order valence-electron chi connectivity index (χ3n) is 6.45. The first-order chi connectivity index (χ1) is 15.5. The Labute approximate surface area is 188 Å². The van der Waals surface area contributed by atoms with E-state index in [1.54, 1.807) is 36.3 Å². The van der Waals surface area contributed by atoms with Crippen LogP contribution in [0.4, 0.5) is 10.5 Å². The van der Waals surface area contributed by atoms with Gasteiger partial charge < -0.3 is 34.9 Å². The maximum Gasteiger partial charge on any atom is 0.322 e. The first-order valence-corrected chi connectivity index (χ1v) is 11.4.